The van der Waals surface area contributed by atoms with E-state index >= 15 is 0 Å². The van der Waals surface area contributed by atoms with Gasteiger partial charge in [-0.1, -0.05) is 6.92 Å². The summed E-state index contributed by atoms with van der Waals surface area (Å²) in [4.78, 5) is 5.13. The number of ether oxygens (including phenoxy) is 3. The zero-order chi connectivity index (χ0) is 17.8. The summed E-state index contributed by atoms with van der Waals surface area (Å²) in [6.07, 6.45) is 1.22. The maximum absolute atomic E-state index is 5.79. The van der Waals surface area contributed by atoms with Crippen molar-refractivity contribution < 1.29 is 14.2 Å². The average Bonchev–Trinajstić information content (AvgIpc) is 2.66. The van der Waals surface area contributed by atoms with E-state index in [1.54, 1.807) is 21.3 Å². The zero-order valence-corrected chi connectivity index (χ0v) is 15.9. The second-order valence-electron chi connectivity index (χ2n) is 6.74. The highest BCUT2D eigenvalue weighted by Crippen LogP contribution is 2.46. The molecule has 1 aromatic carbocycles. The molecule has 6 heteroatoms. The third-order valence-corrected chi connectivity index (χ3v) is 5.33. The first-order valence-electron chi connectivity index (χ1n) is 9.22. The van der Waals surface area contributed by atoms with Gasteiger partial charge in [0.15, 0.2) is 11.5 Å². The van der Waals surface area contributed by atoms with Gasteiger partial charge in [-0.2, -0.15) is 0 Å². The van der Waals surface area contributed by atoms with Crippen LogP contribution in [-0.4, -0.2) is 70.4 Å². The summed E-state index contributed by atoms with van der Waals surface area (Å²) in [6, 6.07) is 2.39. The molecule has 1 N–H and O–H groups in total. The molecule has 2 aliphatic rings. The molecule has 0 spiro atoms. The highest BCUT2D eigenvalue weighted by atomic mass is 16.5. The van der Waals surface area contributed by atoms with E-state index in [9.17, 15) is 0 Å². The molecular weight excluding hydrogens is 318 g/mol. The van der Waals surface area contributed by atoms with Crippen LogP contribution < -0.4 is 19.5 Å². The molecule has 1 fully saturated rings. The van der Waals surface area contributed by atoms with E-state index in [-0.39, 0.29) is 0 Å². The van der Waals surface area contributed by atoms with Crippen LogP contribution in [0.15, 0.2) is 6.07 Å². The molecule has 140 valence electrons. The van der Waals surface area contributed by atoms with Crippen molar-refractivity contribution in [2.75, 3.05) is 60.6 Å². The van der Waals surface area contributed by atoms with Crippen LogP contribution in [0.3, 0.4) is 0 Å². The van der Waals surface area contributed by atoms with Gasteiger partial charge < -0.3 is 24.4 Å². The number of hydrogen-bond donors (Lipinski definition) is 1. The van der Waals surface area contributed by atoms with Gasteiger partial charge in [0.25, 0.3) is 0 Å². The fourth-order valence-corrected chi connectivity index (χ4v) is 4.11. The summed E-state index contributed by atoms with van der Waals surface area (Å²) in [5.74, 6) is 2.24. The molecule has 6 nitrogen and oxygen atoms in total. The molecule has 25 heavy (non-hydrogen) atoms. The molecule has 1 aromatic rings. The molecule has 0 aromatic heterocycles. The normalized spacial score (nSPS) is 21.7. The largest absolute Gasteiger partial charge is 0.493 e. The molecule has 0 radical (unpaired) electrons. The van der Waals surface area contributed by atoms with Gasteiger partial charge in [-0.05, 0) is 24.6 Å². The van der Waals surface area contributed by atoms with Crippen LogP contribution in [0.5, 0.6) is 17.2 Å². The van der Waals surface area contributed by atoms with Crippen LogP contribution in [0, 0.1) is 0 Å². The summed E-state index contributed by atoms with van der Waals surface area (Å²) in [7, 11) is 5.06. The van der Waals surface area contributed by atoms with Gasteiger partial charge in [-0.15, -0.1) is 0 Å². The lowest BCUT2D eigenvalue weighted by atomic mass is 9.92. The number of rotatable bonds is 6. The van der Waals surface area contributed by atoms with Crippen molar-refractivity contribution in [2.45, 2.75) is 25.9 Å². The predicted octanol–water partition coefficient (Wildman–Crippen LogP) is 1.88. The maximum Gasteiger partial charge on any atom is 0.203 e. The van der Waals surface area contributed by atoms with E-state index in [4.69, 9.17) is 14.2 Å². The highest BCUT2D eigenvalue weighted by Gasteiger charge is 2.33. The Morgan fingerprint density at radius 2 is 1.76 bits per heavy atom. The Bertz CT molecular complexity index is 586. The predicted molar refractivity (Wildman–Crippen MR) is 98.8 cm³/mol. The minimum Gasteiger partial charge on any atom is -0.493 e. The fraction of sp³-hybridized carbons (Fsp3) is 0.684. The summed E-state index contributed by atoms with van der Waals surface area (Å²) in [5, 5.41) is 3.56. The third-order valence-electron chi connectivity index (χ3n) is 5.33. The van der Waals surface area contributed by atoms with Crippen molar-refractivity contribution in [3.05, 3.63) is 17.2 Å². The Balaban J connectivity index is 1.91. The van der Waals surface area contributed by atoms with Crippen LogP contribution in [0.4, 0.5) is 0 Å². The quantitative estimate of drug-likeness (QED) is 0.846. The fourth-order valence-electron chi connectivity index (χ4n) is 4.11. The molecule has 0 saturated carbocycles. The van der Waals surface area contributed by atoms with Crippen LogP contribution in [0.2, 0.25) is 0 Å². The van der Waals surface area contributed by atoms with Crippen LogP contribution >= 0.6 is 0 Å². The lowest BCUT2D eigenvalue weighted by molar-refractivity contribution is 0.0902. The third kappa shape index (κ3) is 3.57. The van der Waals surface area contributed by atoms with Crippen LogP contribution in [-0.2, 0) is 6.54 Å². The van der Waals surface area contributed by atoms with E-state index in [0.717, 1.165) is 50.8 Å². The Morgan fingerprint density at radius 1 is 1.04 bits per heavy atom. The number of methoxy groups -OCH3 is 3. The average molecular weight is 349 g/mol. The molecule has 1 saturated heterocycles. The number of hydrogen-bond acceptors (Lipinski definition) is 6. The molecule has 2 aliphatic heterocycles. The Hall–Kier alpha value is -1.50. The maximum atomic E-state index is 5.79. The number of piperazine rings is 1. The summed E-state index contributed by atoms with van der Waals surface area (Å²) >= 11 is 0. The summed E-state index contributed by atoms with van der Waals surface area (Å²) < 4.78 is 16.9. The number of nitrogens with one attached hydrogen (secondary N) is 1. The van der Waals surface area contributed by atoms with Crippen molar-refractivity contribution >= 4 is 0 Å². The second-order valence-corrected chi connectivity index (χ2v) is 6.74. The van der Waals surface area contributed by atoms with Crippen molar-refractivity contribution in [1.82, 2.24) is 15.1 Å². The minimum absolute atomic E-state index is 0.308. The van der Waals surface area contributed by atoms with Gasteiger partial charge in [-0.3, -0.25) is 4.90 Å². The Kier molecular flexibility index (Phi) is 6.04. The van der Waals surface area contributed by atoms with Crippen molar-refractivity contribution in [3.8, 4) is 17.2 Å². The van der Waals surface area contributed by atoms with Crippen LogP contribution in [0.25, 0.3) is 0 Å². The van der Waals surface area contributed by atoms with E-state index in [2.05, 4.69) is 28.1 Å². The Morgan fingerprint density at radius 3 is 2.36 bits per heavy atom. The molecule has 0 amide bonds. The van der Waals surface area contributed by atoms with Gasteiger partial charge >= 0.3 is 0 Å². The lowest BCUT2D eigenvalue weighted by Gasteiger charge is -2.42. The number of nitrogens with zero attached hydrogens (tertiary/aromatic N) is 2. The smallest absolute Gasteiger partial charge is 0.203 e. The number of benzene rings is 1. The Labute approximate surface area is 151 Å². The van der Waals surface area contributed by atoms with Crippen molar-refractivity contribution in [1.29, 1.82) is 0 Å². The SMILES string of the molecule is CCCN1CCN([C@H]2CNCc3cc(OC)c(OC)c(OC)c32)CC1. The molecule has 0 aliphatic carbocycles. The van der Waals surface area contributed by atoms with Crippen molar-refractivity contribution in [2.24, 2.45) is 0 Å². The highest BCUT2D eigenvalue weighted by molar-refractivity contribution is 5.60. The van der Waals surface area contributed by atoms with Gasteiger partial charge in [0, 0.05) is 44.8 Å². The molecule has 1 atom stereocenters. The molecule has 0 bridgehead atoms. The molecule has 3 rings (SSSR count). The lowest BCUT2D eigenvalue weighted by Crippen LogP contribution is -2.50. The summed E-state index contributed by atoms with van der Waals surface area (Å²) in [6.45, 7) is 9.65. The molecule has 2 heterocycles. The van der Waals surface area contributed by atoms with Gasteiger partial charge in [-0.25, -0.2) is 0 Å². The first-order chi connectivity index (χ1) is 12.2. The van der Waals surface area contributed by atoms with E-state index in [1.807, 2.05) is 0 Å². The zero-order valence-electron chi connectivity index (χ0n) is 15.9. The second kappa shape index (κ2) is 8.25. The van der Waals surface area contributed by atoms with Gasteiger partial charge in [0.1, 0.15) is 0 Å². The minimum atomic E-state index is 0.308. The van der Waals surface area contributed by atoms with Crippen molar-refractivity contribution in [3.63, 3.8) is 0 Å². The van der Waals surface area contributed by atoms with E-state index in [0.29, 0.717) is 11.8 Å². The topological polar surface area (TPSA) is 46.2 Å². The standard InChI is InChI=1S/C19H31N3O3/c1-5-6-21-7-9-22(10-8-21)15-13-20-12-14-11-16(23-2)18(24-3)19(25-4)17(14)15/h11,15,20H,5-10,12-13H2,1-4H3/t15-/m0/s1. The first kappa shape index (κ1) is 18.3. The monoisotopic (exact) mass is 349 g/mol. The summed E-state index contributed by atoms with van der Waals surface area (Å²) in [5.41, 5.74) is 2.49. The first-order valence-corrected chi connectivity index (χ1v) is 9.22. The van der Waals surface area contributed by atoms with Crippen LogP contribution in [0.1, 0.15) is 30.5 Å². The number of fused-ring (bicyclic) bond motifs is 1. The van der Waals surface area contributed by atoms with Gasteiger partial charge in [0.05, 0.1) is 27.4 Å². The molecule has 0 unspecified atom stereocenters. The molecular formula is C19H31N3O3. The van der Waals surface area contributed by atoms with E-state index in [1.165, 1.54) is 24.1 Å². The van der Waals surface area contributed by atoms with Gasteiger partial charge in [0.2, 0.25) is 5.75 Å². The van der Waals surface area contributed by atoms with E-state index < -0.39 is 0 Å².